The average Bonchev–Trinajstić information content (AvgIpc) is 3.44. The molecular weight excluding hydrogens is 436 g/mol. The summed E-state index contributed by atoms with van der Waals surface area (Å²) in [5.41, 5.74) is 1.62. The monoisotopic (exact) mass is 452 g/mol. The summed E-state index contributed by atoms with van der Waals surface area (Å²) >= 11 is 6.95. The lowest BCUT2D eigenvalue weighted by Crippen LogP contribution is -2.27. The number of aromatic nitrogens is 2. The molecule has 1 N–H and O–H groups in total. The lowest BCUT2D eigenvalue weighted by atomic mass is 10.2. The summed E-state index contributed by atoms with van der Waals surface area (Å²) in [6.45, 7) is 3.11. The predicted molar refractivity (Wildman–Crippen MR) is 110 cm³/mol. The Balaban J connectivity index is 1.54. The zero-order chi connectivity index (χ0) is 20.6. The van der Waals surface area contributed by atoms with Crippen molar-refractivity contribution < 1.29 is 17.7 Å². The molecule has 0 bridgehead atoms. The van der Waals surface area contributed by atoms with E-state index in [1.165, 1.54) is 6.07 Å². The molecule has 1 aliphatic rings. The van der Waals surface area contributed by atoms with Gasteiger partial charge < -0.3 is 9.42 Å². The third kappa shape index (κ3) is 4.14. The fourth-order valence-electron chi connectivity index (χ4n) is 2.99. The Labute approximate surface area is 176 Å². The van der Waals surface area contributed by atoms with Gasteiger partial charge in [0.2, 0.25) is 5.82 Å². The lowest BCUT2D eigenvalue weighted by molar-refractivity contribution is 0.0743. The highest BCUT2D eigenvalue weighted by Crippen LogP contribution is 2.29. The second kappa shape index (κ2) is 7.77. The van der Waals surface area contributed by atoms with Gasteiger partial charge in [-0.05, 0) is 49.6 Å². The van der Waals surface area contributed by atoms with Gasteiger partial charge in [-0.3, -0.25) is 9.52 Å². The van der Waals surface area contributed by atoms with E-state index < -0.39 is 10.0 Å². The quantitative estimate of drug-likeness (QED) is 0.631. The van der Waals surface area contributed by atoms with Gasteiger partial charge in [0.1, 0.15) is 4.21 Å². The molecule has 11 heteroatoms. The maximum absolute atomic E-state index is 12.7. The van der Waals surface area contributed by atoms with E-state index in [0.717, 1.165) is 24.2 Å². The van der Waals surface area contributed by atoms with Gasteiger partial charge in [-0.2, -0.15) is 4.98 Å². The summed E-state index contributed by atoms with van der Waals surface area (Å²) in [7, 11) is -3.79. The Morgan fingerprint density at radius 2 is 2.03 bits per heavy atom. The van der Waals surface area contributed by atoms with Crippen molar-refractivity contribution in [2.24, 2.45) is 0 Å². The van der Waals surface area contributed by atoms with Gasteiger partial charge in [0.05, 0.1) is 5.69 Å². The first kappa shape index (κ1) is 19.9. The van der Waals surface area contributed by atoms with E-state index >= 15 is 0 Å². The summed E-state index contributed by atoms with van der Waals surface area (Å²) < 4.78 is 33.2. The number of nitrogens with zero attached hydrogens (tertiary/aromatic N) is 3. The van der Waals surface area contributed by atoms with Crippen LogP contribution in [-0.2, 0) is 10.0 Å². The molecular formula is C18H17ClN4O4S2. The highest BCUT2D eigenvalue weighted by Gasteiger charge is 2.26. The van der Waals surface area contributed by atoms with Crippen molar-refractivity contribution in [1.82, 2.24) is 15.0 Å². The molecule has 3 heterocycles. The largest absolute Gasteiger partial charge is 0.334 e. The van der Waals surface area contributed by atoms with Crippen LogP contribution in [0.3, 0.4) is 0 Å². The molecule has 1 amide bonds. The highest BCUT2D eigenvalue weighted by atomic mass is 35.5. The molecule has 1 aliphatic heterocycles. The molecule has 1 aromatic carbocycles. The molecule has 8 nitrogen and oxygen atoms in total. The number of rotatable bonds is 5. The Hall–Kier alpha value is -2.43. The van der Waals surface area contributed by atoms with Crippen LogP contribution in [0.5, 0.6) is 0 Å². The van der Waals surface area contributed by atoms with Gasteiger partial charge in [0, 0.05) is 29.1 Å². The molecule has 152 valence electrons. The highest BCUT2D eigenvalue weighted by molar-refractivity contribution is 7.94. The van der Waals surface area contributed by atoms with Gasteiger partial charge >= 0.3 is 11.8 Å². The third-order valence-corrected chi connectivity index (χ3v) is 7.57. The molecule has 3 aromatic rings. The van der Waals surface area contributed by atoms with Crippen LogP contribution in [0.2, 0.25) is 5.02 Å². The van der Waals surface area contributed by atoms with Crippen molar-refractivity contribution >= 4 is 44.6 Å². The first-order valence-electron chi connectivity index (χ1n) is 8.84. The van der Waals surface area contributed by atoms with E-state index in [9.17, 15) is 13.2 Å². The van der Waals surface area contributed by atoms with Gasteiger partial charge in [-0.25, -0.2) is 8.42 Å². The lowest BCUT2D eigenvalue weighted by Gasteiger charge is -2.10. The average molecular weight is 453 g/mol. The van der Waals surface area contributed by atoms with Crippen molar-refractivity contribution in [2.45, 2.75) is 24.0 Å². The number of amides is 1. The number of anilines is 1. The van der Waals surface area contributed by atoms with Crippen molar-refractivity contribution in [3.8, 4) is 11.4 Å². The second-order valence-electron chi connectivity index (χ2n) is 6.64. The number of carbonyl (C=O) groups excluding carboxylic acids is 1. The van der Waals surface area contributed by atoms with E-state index in [0.29, 0.717) is 34.9 Å². The minimum Gasteiger partial charge on any atom is -0.334 e. The maximum Gasteiger partial charge on any atom is 0.316 e. The molecule has 0 radical (unpaired) electrons. The summed E-state index contributed by atoms with van der Waals surface area (Å²) in [6.07, 6.45) is 1.91. The Kier molecular flexibility index (Phi) is 5.32. The van der Waals surface area contributed by atoms with Crippen LogP contribution in [0.4, 0.5) is 5.69 Å². The number of sulfonamides is 1. The second-order valence-corrected chi connectivity index (χ2v) is 9.90. The van der Waals surface area contributed by atoms with Crippen LogP contribution in [0, 0.1) is 6.92 Å². The van der Waals surface area contributed by atoms with E-state index in [1.54, 1.807) is 35.4 Å². The van der Waals surface area contributed by atoms with Gasteiger partial charge in [0.15, 0.2) is 0 Å². The molecule has 4 rings (SSSR count). The number of thiophene rings is 1. The van der Waals surface area contributed by atoms with Crippen molar-refractivity contribution in [3.05, 3.63) is 46.1 Å². The molecule has 1 saturated heterocycles. The van der Waals surface area contributed by atoms with E-state index in [1.807, 2.05) is 0 Å². The van der Waals surface area contributed by atoms with E-state index in [4.69, 9.17) is 16.1 Å². The molecule has 0 unspecified atom stereocenters. The predicted octanol–water partition coefficient (Wildman–Crippen LogP) is 3.80. The number of benzene rings is 1. The van der Waals surface area contributed by atoms with Gasteiger partial charge in [-0.15, -0.1) is 11.3 Å². The van der Waals surface area contributed by atoms with Crippen LogP contribution in [0.25, 0.3) is 11.4 Å². The summed E-state index contributed by atoms with van der Waals surface area (Å²) in [5.74, 6) is -0.218. The van der Waals surface area contributed by atoms with Gasteiger partial charge in [-0.1, -0.05) is 16.8 Å². The number of aryl methyl sites for hydroxylation is 1. The standard InChI is InChI=1S/C18H17ClN4O4S2/c1-11-8-13(19)4-5-14(11)22-29(25,26)15-9-12(10-28-15)16-20-17(27-21-16)18(24)23-6-2-3-7-23/h4-5,8-10,22H,2-3,6-7H2,1H3. The molecule has 1 fully saturated rings. The SMILES string of the molecule is Cc1cc(Cl)ccc1NS(=O)(=O)c1cc(-c2noc(C(=O)N3CCCC3)n2)cs1. The summed E-state index contributed by atoms with van der Waals surface area (Å²) in [4.78, 5) is 18.1. The minimum absolute atomic E-state index is 0.0904. The van der Waals surface area contributed by atoms with Crippen LogP contribution < -0.4 is 4.72 Å². The fraction of sp³-hybridized carbons (Fsp3) is 0.278. The Bertz CT molecular complexity index is 1170. The molecule has 0 aliphatic carbocycles. The van der Waals surface area contributed by atoms with E-state index in [-0.39, 0.29) is 21.8 Å². The molecule has 2 aromatic heterocycles. The fourth-order valence-corrected chi connectivity index (χ4v) is 5.51. The molecule has 0 atom stereocenters. The number of likely N-dealkylation sites (tertiary alicyclic amines) is 1. The minimum atomic E-state index is -3.79. The smallest absolute Gasteiger partial charge is 0.316 e. The first-order valence-corrected chi connectivity index (χ1v) is 11.6. The zero-order valence-electron chi connectivity index (χ0n) is 15.4. The van der Waals surface area contributed by atoms with Crippen molar-refractivity contribution in [1.29, 1.82) is 0 Å². The van der Waals surface area contributed by atoms with Crippen molar-refractivity contribution in [3.63, 3.8) is 0 Å². The molecule has 0 saturated carbocycles. The summed E-state index contributed by atoms with van der Waals surface area (Å²) in [6, 6.07) is 6.36. The van der Waals surface area contributed by atoms with Crippen LogP contribution >= 0.6 is 22.9 Å². The first-order chi connectivity index (χ1) is 13.8. The van der Waals surface area contributed by atoms with Gasteiger partial charge in [0.25, 0.3) is 10.0 Å². The number of carbonyl (C=O) groups is 1. The van der Waals surface area contributed by atoms with Crippen LogP contribution in [0.15, 0.2) is 38.4 Å². The topological polar surface area (TPSA) is 105 Å². The summed E-state index contributed by atoms with van der Waals surface area (Å²) in [5, 5.41) is 5.96. The Morgan fingerprint density at radius 1 is 1.28 bits per heavy atom. The normalized spacial score (nSPS) is 14.3. The number of hydrogen-bond acceptors (Lipinski definition) is 7. The van der Waals surface area contributed by atoms with Crippen LogP contribution in [-0.4, -0.2) is 42.5 Å². The third-order valence-electron chi connectivity index (χ3n) is 4.53. The number of hydrogen-bond donors (Lipinski definition) is 1. The molecule has 29 heavy (non-hydrogen) atoms. The van der Waals surface area contributed by atoms with Crippen LogP contribution in [0.1, 0.15) is 29.1 Å². The molecule has 0 spiro atoms. The Morgan fingerprint density at radius 3 is 2.76 bits per heavy atom. The number of nitrogens with one attached hydrogen (secondary N) is 1. The van der Waals surface area contributed by atoms with E-state index in [2.05, 4.69) is 14.9 Å². The zero-order valence-corrected chi connectivity index (χ0v) is 17.8. The van der Waals surface area contributed by atoms with Crippen molar-refractivity contribution in [2.75, 3.05) is 17.8 Å². The maximum atomic E-state index is 12.7. The number of halogens is 1.